The molecule has 2 heterocycles. The molecule has 1 amide bonds. The van der Waals surface area contributed by atoms with E-state index in [9.17, 15) is 14.4 Å². The van der Waals surface area contributed by atoms with Gasteiger partial charge >= 0.3 is 5.69 Å². The maximum atomic E-state index is 12.7. The van der Waals surface area contributed by atoms with Crippen LogP contribution in [0.2, 0.25) is 0 Å². The summed E-state index contributed by atoms with van der Waals surface area (Å²) in [6, 6.07) is 5.27. The average Bonchev–Trinajstić information content (AvgIpc) is 2.63. The molecule has 132 valence electrons. The van der Waals surface area contributed by atoms with Gasteiger partial charge in [-0.15, -0.1) is 0 Å². The maximum absolute atomic E-state index is 12.7. The van der Waals surface area contributed by atoms with Gasteiger partial charge in [0.15, 0.2) is 11.5 Å². The molecule has 1 aliphatic rings. The van der Waals surface area contributed by atoms with Crippen molar-refractivity contribution < 1.29 is 14.3 Å². The number of rotatable bonds is 3. The Bertz CT molecular complexity index is 973. The molecule has 1 aliphatic heterocycles. The summed E-state index contributed by atoms with van der Waals surface area (Å²) in [4.78, 5) is 37.0. The second kappa shape index (κ2) is 6.12. The Hall–Kier alpha value is -3.03. The summed E-state index contributed by atoms with van der Waals surface area (Å²) < 4.78 is 12.9. The third-order valence-electron chi connectivity index (χ3n) is 4.51. The minimum absolute atomic E-state index is 0.107. The third kappa shape index (κ3) is 2.59. The number of aromatic nitrogens is 2. The SMILES string of the molecule is COc1ccc([C@@H]2CC(=O)Nc3c2c(=O)n(C)c(=O)n3C)cc1OC. The van der Waals surface area contributed by atoms with Crippen LogP contribution < -0.4 is 26.0 Å². The standard InChI is InChI=1S/C17H19N3O5/c1-19-15-14(16(22)20(2)17(19)23)10(8-13(21)18-15)9-5-6-11(24-3)12(7-9)25-4/h5-7,10H,8H2,1-4H3,(H,18,21)/t10-/m0/s1. The van der Waals surface area contributed by atoms with Gasteiger partial charge in [-0.1, -0.05) is 6.07 Å². The van der Waals surface area contributed by atoms with Crippen molar-refractivity contribution in [2.45, 2.75) is 12.3 Å². The lowest BCUT2D eigenvalue weighted by Crippen LogP contribution is -2.44. The van der Waals surface area contributed by atoms with E-state index in [0.29, 0.717) is 17.1 Å². The van der Waals surface area contributed by atoms with Gasteiger partial charge in [-0.25, -0.2) is 4.79 Å². The van der Waals surface area contributed by atoms with Gasteiger partial charge in [-0.05, 0) is 17.7 Å². The number of carbonyl (C=O) groups excluding carboxylic acids is 1. The van der Waals surface area contributed by atoms with Crippen molar-refractivity contribution in [3.63, 3.8) is 0 Å². The summed E-state index contributed by atoms with van der Waals surface area (Å²) in [7, 11) is 6.00. The van der Waals surface area contributed by atoms with E-state index >= 15 is 0 Å². The number of nitrogens with zero attached hydrogens (tertiary/aromatic N) is 2. The van der Waals surface area contributed by atoms with E-state index < -0.39 is 17.2 Å². The summed E-state index contributed by atoms with van der Waals surface area (Å²) in [5, 5.41) is 2.64. The van der Waals surface area contributed by atoms with Gasteiger partial charge < -0.3 is 14.8 Å². The molecular weight excluding hydrogens is 326 g/mol. The van der Waals surface area contributed by atoms with Crippen molar-refractivity contribution in [2.24, 2.45) is 14.1 Å². The quantitative estimate of drug-likeness (QED) is 0.878. The van der Waals surface area contributed by atoms with E-state index in [1.807, 2.05) is 0 Å². The number of nitrogens with one attached hydrogen (secondary N) is 1. The molecule has 1 aromatic heterocycles. The van der Waals surface area contributed by atoms with Crippen LogP contribution in [0.3, 0.4) is 0 Å². The molecular formula is C17H19N3O5. The molecule has 0 bridgehead atoms. The zero-order valence-electron chi connectivity index (χ0n) is 14.5. The highest BCUT2D eigenvalue weighted by Gasteiger charge is 2.32. The van der Waals surface area contributed by atoms with Crippen LogP contribution in [0.15, 0.2) is 27.8 Å². The van der Waals surface area contributed by atoms with Gasteiger partial charge in [0, 0.05) is 26.4 Å². The van der Waals surface area contributed by atoms with Gasteiger partial charge in [0.05, 0.1) is 19.8 Å². The Balaban J connectivity index is 2.26. The van der Waals surface area contributed by atoms with Crippen molar-refractivity contribution >= 4 is 11.7 Å². The maximum Gasteiger partial charge on any atom is 0.332 e. The van der Waals surface area contributed by atoms with Crippen LogP contribution in [-0.2, 0) is 18.9 Å². The molecule has 1 N–H and O–H groups in total. The number of hydrogen-bond acceptors (Lipinski definition) is 5. The monoisotopic (exact) mass is 345 g/mol. The minimum Gasteiger partial charge on any atom is -0.493 e. The smallest absolute Gasteiger partial charge is 0.332 e. The molecule has 8 heteroatoms. The summed E-state index contributed by atoms with van der Waals surface area (Å²) in [6.45, 7) is 0. The highest BCUT2D eigenvalue weighted by molar-refractivity contribution is 5.94. The van der Waals surface area contributed by atoms with Crippen molar-refractivity contribution in [1.82, 2.24) is 9.13 Å². The molecule has 2 aromatic rings. The number of methoxy groups -OCH3 is 2. The number of amides is 1. The zero-order chi connectivity index (χ0) is 18.3. The normalized spacial score (nSPS) is 16.2. The lowest BCUT2D eigenvalue weighted by Gasteiger charge is -2.27. The van der Waals surface area contributed by atoms with E-state index in [1.54, 1.807) is 18.2 Å². The Morgan fingerprint density at radius 1 is 1.04 bits per heavy atom. The molecule has 0 aliphatic carbocycles. The van der Waals surface area contributed by atoms with Gasteiger partial charge in [0.25, 0.3) is 5.56 Å². The van der Waals surface area contributed by atoms with Gasteiger partial charge in [-0.3, -0.25) is 18.7 Å². The van der Waals surface area contributed by atoms with Crippen molar-refractivity contribution in [1.29, 1.82) is 0 Å². The third-order valence-corrected chi connectivity index (χ3v) is 4.51. The second-order valence-electron chi connectivity index (χ2n) is 5.89. The molecule has 0 radical (unpaired) electrons. The Kier molecular flexibility index (Phi) is 4.12. The number of ether oxygens (including phenoxy) is 2. The molecule has 3 rings (SSSR count). The molecule has 25 heavy (non-hydrogen) atoms. The van der Waals surface area contributed by atoms with E-state index in [2.05, 4.69) is 5.32 Å². The lowest BCUT2D eigenvalue weighted by molar-refractivity contribution is -0.116. The number of carbonyl (C=O) groups is 1. The molecule has 1 atom stereocenters. The Morgan fingerprint density at radius 3 is 2.36 bits per heavy atom. The highest BCUT2D eigenvalue weighted by atomic mass is 16.5. The summed E-state index contributed by atoms with van der Waals surface area (Å²) in [5.74, 6) is 0.572. The molecule has 8 nitrogen and oxygen atoms in total. The van der Waals surface area contributed by atoms with Gasteiger partial charge in [0.1, 0.15) is 5.82 Å². The topological polar surface area (TPSA) is 91.6 Å². The van der Waals surface area contributed by atoms with Crippen molar-refractivity contribution in [3.05, 3.63) is 50.2 Å². The number of hydrogen-bond donors (Lipinski definition) is 1. The van der Waals surface area contributed by atoms with Crippen LogP contribution in [0.1, 0.15) is 23.5 Å². The van der Waals surface area contributed by atoms with E-state index in [1.165, 1.54) is 32.9 Å². The summed E-state index contributed by atoms with van der Waals surface area (Å²) >= 11 is 0. The number of fused-ring (bicyclic) bond motifs is 1. The van der Waals surface area contributed by atoms with Crippen LogP contribution in [0.25, 0.3) is 0 Å². The van der Waals surface area contributed by atoms with Gasteiger partial charge in [0.2, 0.25) is 5.91 Å². The lowest BCUT2D eigenvalue weighted by atomic mass is 9.86. The fraction of sp³-hybridized carbons (Fsp3) is 0.353. The van der Waals surface area contributed by atoms with Crippen LogP contribution in [-0.4, -0.2) is 29.3 Å². The first-order valence-corrected chi connectivity index (χ1v) is 7.70. The molecule has 0 unspecified atom stereocenters. The fourth-order valence-corrected chi connectivity index (χ4v) is 3.16. The molecule has 0 spiro atoms. The van der Waals surface area contributed by atoms with E-state index in [-0.39, 0.29) is 18.1 Å². The zero-order valence-corrected chi connectivity index (χ0v) is 14.5. The average molecular weight is 345 g/mol. The number of anilines is 1. The van der Waals surface area contributed by atoms with Crippen LogP contribution >= 0.6 is 0 Å². The molecule has 0 saturated carbocycles. The van der Waals surface area contributed by atoms with Crippen LogP contribution in [0.5, 0.6) is 11.5 Å². The van der Waals surface area contributed by atoms with Crippen LogP contribution in [0, 0.1) is 0 Å². The van der Waals surface area contributed by atoms with E-state index in [4.69, 9.17) is 9.47 Å². The molecule has 0 fully saturated rings. The van der Waals surface area contributed by atoms with Crippen molar-refractivity contribution in [3.8, 4) is 11.5 Å². The minimum atomic E-state index is -0.489. The first kappa shape index (κ1) is 16.8. The Labute approximate surface area is 143 Å². The first-order chi connectivity index (χ1) is 11.9. The molecule has 0 saturated heterocycles. The predicted molar refractivity (Wildman–Crippen MR) is 91.6 cm³/mol. The molecule has 1 aromatic carbocycles. The summed E-state index contributed by atoms with van der Waals surface area (Å²) in [5.41, 5.74) is 0.218. The Morgan fingerprint density at radius 2 is 1.72 bits per heavy atom. The first-order valence-electron chi connectivity index (χ1n) is 7.70. The second-order valence-corrected chi connectivity index (χ2v) is 5.89. The highest BCUT2D eigenvalue weighted by Crippen LogP contribution is 2.37. The van der Waals surface area contributed by atoms with Crippen LogP contribution in [0.4, 0.5) is 5.82 Å². The summed E-state index contributed by atoms with van der Waals surface area (Å²) in [6.07, 6.45) is 0.107. The van der Waals surface area contributed by atoms with Gasteiger partial charge in [-0.2, -0.15) is 0 Å². The predicted octanol–water partition coefficient (Wildman–Crippen LogP) is 0.575. The largest absolute Gasteiger partial charge is 0.493 e. The van der Waals surface area contributed by atoms with Crippen molar-refractivity contribution in [2.75, 3.05) is 19.5 Å². The number of benzene rings is 1. The van der Waals surface area contributed by atoms with E-state index in [0.717, 1.165) is 10.1 Å². The fourth-order valence-electron chi connectivity index (χ4n) is 3.16.